The van der Waals surface area contributed by atoms with Crippen molar-refractivity contribution in [2.75, 3.05) is 0 Å². The van der Waals surface area contributed by atoms with Crippen molar-refractivity contribution < 1.29 is 9.90 Å². The first-order valence-electron chi connectivity index (χ1n) is 3.65. The van der Waals surface area contributed by atoms with E-state index in [-0.39, 0.29) is 0 Å². The highest BCUT2D eigenvalue weighted by Gasteiger charge is 1.73. The first-order valence-corrected chi connectivity index (χ1v) is 3.65. The largest absolute Gasteiger partial charge is 0.478 e. The van der Waals surface area contributed by atoms with E-state index in [1.165, 1.54) is 12.8 Å². The molecule has 1 N–H and O–H groups in total. The molecule has 0 unspecified atom stereocenters. The SMILES string of the molecule is C=CC(=O)O.CC=CCCC. The minimum atomic E-state index is -0.981. The van der Waals surface area contributed by atoms with Crippen molar-refractivity contribution in [3.63, 3.8) is 0 Å². The maximum atomic E-state index is 9.25. The lowest BCUT2D eigenvalue weighted by atomic mass is 10.3. The standard InChI is InChI=1S/C6H12.C3H4O2/c1-3-5-6-4-2;1-2-3(4)5/h3,5H,4,6H2,1-2H3;2H,1H2,(H,4,5). The average molecular weight is 156 g/mol. The van der Waals surface area contributed by atoms with Gasteiger partial charge in [0.25, 0.3) is 0 Å². The zero-order chi connectivity index (χ0) is 9.11. The van der Waals surface area contributed by atoms with Crippen LogP contribution in [-0.2, 0) is 4.79 Å². The maximum Gasteiger partial charge on any atom is 0.327 e. The lowest BCUT2D eigenvalue weighted by Crippen LogP contribution is -1.82. The van der Waals surface area contributed by atoms with Crippen molar-refractivity contribution in [1.82, 2.24) is 0 Å². The summed E-state index contributed by atoms with van der Waals surface area (Å²) in [5, 5.41) is 7.60. The summed E-state index contributed by atoms with van der Waals surface area (Å²) in [5.41, 5.74) is 0. The second-order valence-corrected chi connectivity index (χ2v) is 1.90. The fourth-order valence-electron chi connectivity index (χ4n) is 0.333. The van der Waals surface area contributed by atoms with Gasteiger partial charge in [-0.2, -0.15) is 0 Å². The third-order valence-electron chi connectivity index (χ3n) is 0.866. The molecule has 0 saturated heterocycles. The summed E-state index contributed by atoms with van der Waals surface area (Å²) in [4.78, 5) is 9.25. The van der Waals surface area contributed by atoms with Gasteiger partial charge in [-0.15, -0.1) is 0 Å². The smallest absolute Gasteiger partial charge is 0.327 e. The van der Waals surface area contributed by atoms with Crippen LogP contribution in [0.4, 0.5) is 0 Å². The molecule has 0 aromatic heterocycles. The molecule has 2 heteroatoms. The van der Waals surface area contributed by atoms with Crippen LogP contribution in [0.25, 0.3) is 0 Å². The summed E-state index contributed by atoms with van der Waals surface area (Å²) < 4.78 is 0. The fraction of sp³-hybridized carbons (Fsp3) is 0.444. The van der Waals surface area contributed by atoms with Crippen molar-refractivity contribution in [3.8, 4) is 0 Å². The van der Waals surface area contributed by atoms with Crippen molar-refractivity contribution in [2.24, 2.45) is 0 Å². The van der Waals surface area contributed by atoms with Gasteiger partial charge in [0, 0.05) is 6.08 Å². The number of allylic oxidation sites excluding steroid dienone is 2. The molecular formula is C9H16O2. The highest BCUT2D eigenvalue weighted by atomic mass is 16.4. The number of carboxylic acid groups (broad SMARTS) is 1. The van der Waals surface area contributed by atoms with Crippen molar-refractivity contribution >= 4 is 5.97 Å². The number of unbranched alkanes of at least 4 members (excludes halogenated alkanes) is 1. The molecule has 0 spiro atoms. The third-order valence-corrected chi connectivity index (χ3v) is 0.866. The van der Waals surface area contributed by atoms with E-state index in [0.717, 1.165) is 6.08 Å². The highest BCUT2D eigenvalue weighted by Crippen LogP contribution is 1.85. The van der Waals surface area contributed by atoms with Gasteiger partial charge in [0.05, 0.1) is 0 Å². The fourth-order valence-corrected chi connectivity index (χ4v) is 0.333. The predicted molar refractivity (Wildman–Crippen MR) is 47.6 cm³/mol. The van der Waals surface area contributed by atoms with Crippen molar-refractivity contribution in [2.45, 2.75) is 26.7 Å². The normalized spacial score (nSPS) is 8.55. The van der Waals surface area contributed by atoms with Crippen LogP contribution in [-0.4, -0.2) is 11.1 Å². The van der Waals surface area contributed by atoms with E-state index in [2.05, 4.69) is 32.6 Å². The van der Waals surface area contributed by atoms with Crippen molar-refractivity contribution in [3.05, 3.63) is 24.8 Å². The zero-order valence-corrected chi connectivity index (χ0v) is 7.21. The zero-order valence-electron chi connectivity index (χ0n) is 7.21. The Labute approximate surface area is 68.2 Å². The lowest BCUT2D eigenvalue weighted by Gasteiger charge is -1.76. The van der Waals surface area contributed by atoms with Crippen LogP contribution in [0.15, 0.2) is 24.8 Å². The van der Waals surface area contributed by atoms with Gasteiger partial charge in [-0.3, -0.25) is 0 Å². The van der Waals surface area contributed by atoms with Crippen LogP contribution in [0.5, 0.6) is 0 Å². The first kappa shape index (κ1) is 12.6. The molecule has 2 nitrogen and oxygen atoms in total. The summed E-state index contributed by atoms with van der Waals surface area (Å²) in [7, 11) is 0. The Morgan fingerprint density at radius 1 is 1.64 bits per heavy atom. The van der Waals surface area contributed by atoms with Gasteiger partial charge >= 0.3 is 5.97 Å². The van der Waals surface area contributed by atoms with Gasteiger partial charge in [0.15, 0.2) is 0 Å². The molecule has 0 bridgehead atoms. The second kappa shape index (κ2) is 11.7. The van der Waals surface area contributed by atoms with Crippen LogP contribution in [0.2, 0.25) is 0 Å². The minimum Gasteiger partial charge on any atom is -0.478 e. The molecule has 0 heterocycles. The summed E-state index contributed by atoms with van der Waals surface area (Å²) in [5.74, 6) is -0.981. The van der Waals surface area contributed by atoms with E-state index >= 15 is 0 Å². The Bertz CT molecular complexity index is 126. The number of aliphatic carboxylic acids is 1. The molecule has 11 heavy (non-hydrogen) atoms. The Morgan fingerprint density at radius 2 is 2.09 bits per heavy atom. The molecule has 0 aromatic carbocycles. The quantitative estimate of drug-likeness (QED) is 0.503. The van der Waals surface area contributed by atoms with E-state index in [1.807, 2.05) is 0 Å². The van der Waals surface area contributed by atoms with E-state index < -0.39 is 5.97 Å². The highest BCUT2D eigenvalue weighted by molar-refractivity contribution is 5.78. The van der Waals surface area contributed by atoms with Gasteiger partial charge < -0.3 is 5.11 Å². The Morgan fingerprint density at radius 3 is 2.18 bits per heavy atom. The van der Waals surface area contributed by atoms with Crippen molar-refractivity contribution in [1.29, 1.82) is 0 Å². The van der Waals surface area contributed by atoms with Crippen LogP contribution in [0, 0.1) is 0 Å². The second-order valence-electron chi connectivity index (χ2n) is 1.90. The van der Waals surface area contributed by atoms with Gasteiger partial charge in [0.1, 0.15) is 0 Å². The van der Waals surface area contributed by atoms with Crippen LogP contribution in [0.3, 0.4) is 0 Å². The van der Waals surface area contributed by atoms with Crippen LogP contribution >= 0.6 is 0 Å². The van der Waals surface area contributed by atoms with Crippen LogP contribution < -0.4 is 0 Å². The summed E-state index contributed by atoms with van der Waals surface area (Å²) in [6.07, 6.45) is 7.60. The summed E-state index contributed by atoms with van der Waals surface area (Å²) in [6, 6.07) is 0. The minimum absolute atomic E-state index is 0.833. The predicted octanol–water partition coefficient (Wildman–Crippen LogP) is 2.62. The number of carbonyl (C=O) groups is 1. The van der Waals surface area contributed by atoms with Gasteiger partial charge in [-0.1, -0.05) is 32.1 Å². The molecule has 0 radical (unpaired) electrons. The van der Waals surface area contributed by atoms with E-state index in [9.17, 15) is 4.79 Å². The number of hydrogen-bond acceptors (Lipinski definition) is 1. The molecule has 0 atom stereocenters. The third kappa shape index (κ3) is 27.7. The van der Waals surface area contributed by atoms with E-state index in [0.29, 0.717) is 0 Å². The summed E-state index contributed by atoms with van der Waals surface area (Å²) >= 11 is 0. The average Bonchev–Trinajstić information content (AvgIpc) is 2.02. The van der Waals surface area contributed by atoms with E-state index in [4.69, 9.17) is 5.11 Å². The Hall–Kier alpha value is -1.05. The monoisotopic (exact) mass is 156 g/mol. The maximum absolute atomic E-state index is 9.25. The van der Waals surface area contributed by atoms with Gasteiger partial charge in [-0.25, -0.2) is 4.79 Å². The topological polar surface area (TPSA) is 37.3 Å². The molecule has 0 aliphatic rings. The number of carboxylic acids is 1. The summed E-state index contributed by atoms with van der Waals surface area (Å²) in [6.45, 7) is 7.19. The number of hydrogen-bond donors (Lipinski definition) is 1. The van der Waals surface area contributed by atoms with Gasteiger partial charge in [0.2, 0.25) is 0 Å². The molecular weight excluding hydrogens is 140 g/mol. The molecule has 0 aliphatic heterocycles. The molecule has 0 aromatic rings. The molecule has 0 saturated carbocycles. The van der Waals surface area contributed by atoms with Crippen LogP contribution in [0.1, 0.15) is 26.7 Å². The number of rotatable bonds is 3. The van der Waals surface area contributed by atoms with E-state index in [1.54, 1.807) is 0 Å². The molecule has 64 valence electrons. The van der Waals surface area contributed by atoms with Gasteiger partial charge in [-0.05, 0) is 13.3 Å². The Kier molecular flexibility index (Phi) is 13.4. The first-order chi connectivity index (χ1) is 5.18. The molecule has 0 aliphatic carbocycles. The Balaban J connectivity index is 0. The molecule has 0 rings (SSSR count). The molecule has 0 amide bonds. The lowest BCUT2D eigenvalue weighted by molar-refractivity contribution is -0.131. The molecule has 0 fully saturated rings.